The zero-order valence-corrected chi connectivity index (χ0v) is 11.0. The molecule has 0 aliphatic carbocycles. The topological polar surface area (TPSA) is 105 Å². The van der Waals surface area contributed by atoms with Crippen LogP contribution in [0.2, 0.25) is 0 Å². The highest BCUT2D eigenvalue weighted by molar-refractivity contribution is 7.87. The molecule has 100 valence electrons. The molecule has 0 bridgehead atoms. The van der Waals surface area contributed by atoms with E-state index in [1.165, 1.54) is 4.31 Å². The van der Waals surface area contributed by atoms with Gasteiger partial charge in [0.2, 0.25) is 5.91 Å². The van der Waals surface area contributed by atoms with Gasteiger partial charge in [0.1, 0.15) is 0 Å². The molecular formula is C9H20N4O3S. The number of hydrogen-bond acceptors (Lipinski definition) is 4. The first-order valence-electron chi connectivity index (χ1n) is 5.51. The van der Waals surface area contributed by atoms with Crippen LogP contribution in [0.5, 0.6) is 0 Å². The van der Waals surface area contributed by atoms with Crippen molar-refractivity contribution in [3.8, 4) is 0 Å². The summed E-state index contributed by atoms with van der Waals surface area (Å²) in [5.74, 6) is -0.527. The summed E-state index contributed by atoms with van der Waals surface area (Å²) in [6.45, 7) is 5.37. The van der Waals surface area contributed by atoms with E-state index >= 15 is 0 Å². The molecule has 0 saturated carbocycles. The van der Waals surface area contributed by atoms with Gasteiger partial charge >= 0.3 is 0 Å². The molecule has 1 heterocycles. The van der Waals surface area contributed by atoms with Crippen molar-refractivity contribution in [3.63, 3.8) is 0 Å². The average molecular weight is 264 g/mol. The summed E-state index contributed by atoms with van der Waals surface area (Å²) in [5, 5.41) is 3.07. The minimum Gasteiger partial charge on any atom is -0.369 e. The van der Waals surface area contributed by atoms with Gasteiger partial charge in [-0.25, -0.2) is 4.72 Å². The molecular weight excluding hydrogens is 244 g/mol. The highest BCUT2D eigenvalue weighted by atomic mass is 32.2. The fourth-order valence-electron chi connectivity index (χ4n) is 1.33. The molecule has 0 radical (unpaired) electrons. The van der Waals surface area contributed by atoms with Crippen LogP contribution in [0.3, 0.4) is 0 Å². The van der Waals surface area contributed by atoms with Gasteiger partial charge in [0.05, 0.1) is 5.41 Å². The molecule has 4 N–H and O–H groups in total. The van der Waals surface area contributed by atoms with E-state index < -0.39 is 21.5 Å². The lowest BCUT2D eigenvalue weighted by molar-refractivity contribution is -0.125. The van der Waals surface area contributed by atoms with Gasteiger partial charge in [-0.05, 0) is 13.8 Å². The van der Waals surface area contributed by atoms with E-state index in [2.05, 4.69) is 10.0 Å². The first-order chi connectivity index (χ1) is 7.76. The molecule has 0 atom stereocenters. The standard InChI is InChI=1S/C9H20N4O3S/c1-9(2,8(10)14)7-12-17(15,16)13-5-3-11-4-6-13/h11-12H,3-7H2,1-2H3,(H2,10,14). The van der Waals surface area contributed by atoms with Gasteiger partial charge in [0.15, 0.2) is 0 Å². The summed E-state index contributed by atoms with van der Waals surface area (Å²) in [6, 6.07) is 0. The third-order valence-corrected chi connectivity index (χ3v) is 4.33. The minimum absolute atomic E-state index is 0.00853. The molecule has 0 aromatic heterocycles. The van der Waals surface area contributed by atoms with Crippen molar-refractivity contribution >= 4 is 16.1 Å². The van der Waals surface area contributed by atoms with Gasteiger partial charge in [-0.15, -0.1) is 0 Å². The van der Waals surface area contributed by atoms with E-state index in [9.17, 15) is 13.2 Å². The quantitative estimate of drug-likeness (QED) is 0.547. The maximum Gasteiger partial charge on any atom is 0.279 e. The monoisotopic (exact) mass is 264 g/mol. The summed E-state index contributed by atoms with van der Waals surface area (Å²) in [4.78, 5) is 11.1. The molecule has 17 heavy (non-hydrogen) atoms. The number of carbonyl (C=O) groups excluding carboxylic acids is 1. The predicted molar refractivity (Wildman–Crippen MR) is 64.3 cm³/mol. The number of nitrogens with one attached hydrogen (secondary N) is 2. The molecule has 0 aromatic carbocycles. The summed E-state index contributed by atoms with van der Waals surface area (Å²) in [6.07, 6.45) is 0. The molecule has 7 nitrogen and oxygen atoms in total. The van der Waals surface area contributed by atoms with Gasteiger partial charge < -0.3 is 11.1 Å². The van der Waals surface area contributed by atoms with Crippen LogP contribution < -0.4 is 15.8 Å². The lowest BCUT2D eigenvalue weighted by Gasteiger charge is -2.28. The smallest absolute Gasteiger partial charge is 0.279 e. The number of hydrogen-bond donors (Lipinski definition) is 3. The van der Waals surface area contributed by atoms with Crippen LogP contribution in [0.4, 0.5) is 0 Å². The molecule has 0 spiro atoms. The zero-order chi connectivity index (χ0) is 13.1. The van der Waals surface area contributed by atoms with E-state index in [4.69, 9.17) is 5.73 Å². The molecule has 1 aliphatic rings. The van der Waals surface area contributed by atoms with Gasteiger partial charge in [0.25, 0.3) is 10.2 Å². The Morgan fingerprint density at radius 2 is 1.94 bits per heavy atom. The largest absolute Gasteiger partial charge is 0.369 e. The number of carbonyl (C=O) groups is 1. The van der Waals surface area contributed by atoms with Crippen LogP contribution in [0, 0.1) is 5.41 Å². The highest BCUT2D eigenvalue weighted by Crippen LogP contribution is 2.13. The molecule has 1 fully saturated rings. The fourth-order valence-corrected chi connectivity index (χ4v) is 2.72. The van der Waals surface area contributed by atoms with Crippen LogP contribution in [0.15, 0.2) is 0 Å². The molecule has 1 saturated heterocycles. The molecule has 1 aliphatic heterocycles. The van der Waals surface area contributed by atoms with Crippen LogP contribution >= 0.6 is 0 Å². The van der Waals surface area contributed by atoms with E-state index in [1.54, 1.807) is 13.8 Å². The number of nitrogens with zero attached hydrogens (tertiary/aromatic N) is 1. The van der Waals surface area contributed by atoms with Gasteiger partial charge in [-0.1, -0.05) is 0 Å². The Kier molecular flexibility index (Phi) is 4.48. The first-order valence-corrected chi connectivity index (χ1v) is 6.95. The van der Waals surface area contributed by atoms with Gasteiger partial charge in [-0.3, -0.25) is 4.79 Å². The van der Waals surface area contributed by atoms with Crippen molar-refractivity contribution in [1.29, 1.82) is 0 Å². The second-order valence-corrected chi connectivity index (χ2v) is 6.48. The van der Waals surface area contributed by atoms with Crippen molar-refractivity contribution in [1.82, 2.24) is 14.3 Å². The predicted octanol–water partition coefficient (Wildman–Crippen LogP) is -1.76. The van der Waals surface area contributed by atoms with Crippen molar-refractivity contribution < 1.29 is 13.2 Å². The summed E-state index contributed by atoms with van der Waals surface area (Å²) < 4.78 is 27.6. The second kappa shape index (κ2) is 5.30. The molecule has 1 rings (SSSR count). The Hall–Kier alpha value is -0.700. The Labute approximate surface area is 102 Å². The van der Waals surface area contributed by atoms with E-state index in [1.807, 2.05) is 0 Å². The van der Waals surface area contributed by atoms with E-state index in [0.29, 0.717) is 26.2 Å². The molecule has 0 unspecified atom stereocenters. The molecule has 0 aromatic rings. The van der Waals surface area contributed by atoms with E-state index in [0.717, 1.165) is 0 Å². The third kappa shape index (κ3) is 3.91. The number of rotatable bonds is 5. The summed E-state index contributed by atoms with van der Waals surface area (Å²) >= 11 is 0. The Morgan fingerprint density at radius 3 is 2.41 bits per heavy atom. The normalized spacial score (nSPS) is 19.2. The van der Waals surface area contributed by atoms with Crippen LogP contribution in [-0.4, -0.2) is 51.4 Å². The zero-order valence-electron chi connectivity index (χ0n) is 10.2. The fraction of sp³-hybridized carbons (Fsp3) is 0.889. The number of amides is 1. The molecule has 1 amide bonds. The lowest BCUT2D eigenvalue weighted by Crippen LogP contribution is -2.52. The van der Waals surface area contributed by atoms with Crippen LogP contribution in [0.1, 0.15) is 13.8 Å². The van der Waals surface area contributed by atoms with Crippen molar-refractivity contribution in [3.05, 3.63) is 0 Å². The maximum absolute atomic E-state index is 11.9. The first kappa shape index (κ1) is 14.4. The van der Waals surface area contributed by atoms with E-state index in [-0.39, 0.29) is 6.54 Å². The number of nitrogens with two attached hydrogens (primary N) is 1. The lowest BCUT2D eigenvalue weighted by atomic mass is 9.93. The molecule has 8 heteroatoms. The number of primary amides is 1. The summed E-state index contributed by atoms with van der Waals surface area (Å²) in [7, 11) is -3.51. The highest BCUT2D eigenvalue weighted by Gasteiger charge is 2.29. The van der Waals surface area contributed by atoms with Crippen molar-refractivity contribution in [2.45, 2.75) is 13.8 Å². The van der Waals surface area contributed by atoms with Gasteiger partial charge in [0, 0.05) is 32.7 Å². The minimum atomic E-state index is -3.51. The maximum atomic E-state index is 11.9. The van der Waals surface area contributed by atoms with Crippen LogP contribution in [-0.2, 0) is 15.0 Å². The SMILES string of the molecule is CC(C)(CNS(=O)(=O)N1CCNCC1)C(N)=O. The van der Waals surface area contributed by atoms with Crippen molar-refractivity contribution in [2.75, 3.05) is 32.7 Å². The Morgan fingerprint density at radius 1 is 1.41 bits per heavy atom. The Bertz CT molecular complexity index is 374. The van der Waals surface area contributed by atoms with Gasteiger partial charge in [-0.2, -0.15) is 12.7 Å². The van der Waals surface area contributed by atoms with Crippen LogP contribution in [0.25, 0.3) is 0 Å². The average Bonchev–Trinajstić information content (AvgIpc) is 2.28. The number of piperazine rings is 1. The summed E-state index contributed by atoms with van der Waals surface area (Å²) in [5.41, 5.74) is 4.29. The second-order valence-electron chi connectivity index (χ2n) is 4.72. The third-order valence-electron chi connectivity index (χ3n) is 2.78. The Balaban J connectivity index is 2.58. The van der Waals surface area contributed by atoms with Crippen molar-refractivity contribution in [2.24, 2.45) is 11.1 Å².